The Balaban J connectivity index is 2.36. The summed E-state index contributed by atoms with van der Waals surface area (Å²) in [6, 6.07) is 1.25. The normalized spacial score (nSPS) is 11.2. The second-order valence-corrected chi connectivity index (χ2v) is 7.21. The summed E-state index contributed by atoms with van der Waals surface area (Å²) >= 11 is 6.82. The second kappa shape index (κ2) is 7.23. The van der Waals surface area contributed by atoms with Crippen molar-refractivity contribution in [2.45, 2.75) is 32.9 Å². The highest BCUT2D eigenvalue weighted by atomic mass is 35.5. The van der Waals surface area contributed by atoms with Crippen LogP contribution in [0.2, 0.25) is 5.15 Å². The smallest absolute Gasteiger partial charge is 0.416 e. The van der Waals surface area contributed by atoms with Crippen LogP contribution in [0.4, 0.5) is 14.3 Å². The highest BCUT2D eigenvalue weighted by Gasteiger charge is 2.27. The van der Waals surface area contributed by atoms with Crippen molar-refractivity contribution in [3.63, 3.8) is 0 Å². The van der Waals surface area contributed by atoms with E-state index in [0.29, 0.717) is 11.8 Å². The van der Waals surface area contributed by atoms with Crippen LogP contribution < -0.4 is 4.90 Å². The number of aldehydes is 1. The lowest BCUT2D eigenvalue weighted by Crippen LogP contribution is -2.36. The number of nitrogens with zero attached hydrogens (tertiary/aromatic N) is 3. The number of halogens is 2. The number of aromatic nitrogens is 2. The first kappa shape index (κ1) is 18.3. The fourth-order valence-electron chi connectivity index (χ4n) is 1.74. The first-order valence-corrected chi connectivity index (χ1v) is 8.10. The van der Waals surface area contributed by atoms with Gasteiger partial charge in [0.15, 0.2) is 16.6 Å². The molecule has 1 amide bonds. The summed E-state index contributed by atoms with van der Waals surface area (Å²) in [5, 5.41) is 0.177. The van der Waals surface area contributed by atoms with Crippen molar-refractivity contribution in [3.8, 4) is 0 Å². The molecule has 0 N–H and O–H groups in total. The monoisotopic (exact) mass is 371 g/mol. The van der Waals surface area contributed by atoms with Gasteiger partial charge in [-0.15, -0.1) is 0 Å². The van der Waals surface area contributed by atoms with E-state index < -0.39 is 17.5 Å². The molecular formula is C15H15ClFN3O3S. The van der Waals surface area contributed by atoms with Gasteiger partial charge in [0.1, 0.15) is 16.3 Å². The highest BCUT2D eigenvalue weighted by molar-refractivity contribution is 7.17. The molecule has 9 heteroatoms. The summed E-state index contributed by atoms with van der Waals surface area (Å²) in [7, 11) is 0. The van der Waals surface area contributed by atoms with Crippen LogP contribution in [0.15, 0.2) is 18.5 Å². The Kier molecular flexibility index (Phi) is 5.51. The lowest BCUT2D eigenvalue weighted by atomic mass is 10.2. The zero-order chi connectivity index (χ0) is 17.9. The van der Waals surface area contributed by atoms with Crippen LogP contribution in [0.3, 0.4) is 0 Å². The van der Waals surface area contributed by atoms with Gasteiger partial charge in [0.25, 0.3) is 0 Å². The standard InChI is InChI=1S/C15H15ClFN3O3S/c1-15(2,3)23-14(22)20(7-9-4-10(17)6-18-5-9)13-19-12(16)11(8-21)24-13/h4-6,8H,7H2,1-3H3. The Labute approximate surface area is 147 Å². The largest absolute Gasteiger partial charge is 0.443 e. The molecule has 0 unspecified atom stereocenters. The van der Waals surface area contributed by atoms with E-state index in [4.69, 9.17) is 16.3 Å². The van der Waals surface area contributed by atoms with Gasteiger partial charge in [0, 0.05) is 6.20 Å². The Hall–Kier alpha value is -2.06. The fraction of sp³-hybridized carbons (Fsp3) is 0.333. The summed E-state index contributed by atoms with van der Waals surface area (Å²) in [5.74, 6) is -0.526. The molecule has 0 radical (unpaired) electrons. The molecule has 0 bridgehead atoms. The molecule has 2 heterocycles. The average Bonchev–Trinajstić information content (AvgIpc) is 2.83. The lowest BCUT2D eigenvalue weighted by molar-refractivity contribution is 0.0577. The van der Waals surface area contributed by atoms with Crippen LogP contribution in [0.1, 0.15) is 36.0 Å². The minimum Gasteiger partial charge on any atom is -0.443 e. The first-order chi connectivity index (χ1) is 11.2. The summed E-state index contributed by atoms with van der Waals surface area (Å²) < 4.78 is 18.7. The van der Waals surface area contributed by atoms with Crippen molar-refractivity contribution in [2.24, 2.45) is 0 Å². The van der Waals surface area contributed by atoms with Crippen molar-refractivity contribution in [2.75, 3.05) is 4.90 Å². The van der Waals surface area contributed by atoms with Gasteiger partial charge in [0.2, 0.25) is 0 Å². The van der Waals surface area contributed by atoms with E-state index in [1.807, 2.05) is 0 Å². The molecule has 0 fully saturated rings. The molecule has 128 valence electrons. The van der Waals surface area contributed by atoms with E-state index in [-0.39, 0.29) is 21.7 Å². The molecule has 2 rings (SSSR count). The van der Waals surface area contributed by atoms with Gasteiger partial charge in [-0.2, -0.15) is 0 Å². The summed E-state index contributed by atoms with van der Waals surface area (Å²) in [4.78, 5) is 32.6. The highest BCUT2D eigenvalue weighted by Crippen LogP contribution is 2.30. The Morgan fingerprint density at radius 1 is 1.46 bits per heavy atom. The zero-order valence-electron chi connectivity index (χ0n) is 13.2. The number of rotatable bonds is 4. The molecule has 0 spiro atoms. The summed E-state index contributed by atoms with van der Waals surface area (Å²) in [6.07, 6.45) is 2.36. The molecule has 0 aliphatic heterocycles. The van der Waals surface area contributed by atoms with Crippen LogP contribution in [-0.4, -0.2) is 27.9 Å². The number of hydrogen-bond donors (Lipinski definition) is 0. The van der Waals surface area contributed by atoms with Crippen molar-refractivity contribution in [1.82, 2.24) is 9.97 Å². The number of anilines is 1. The number of carbonyl (C=O) groups excluding carboxylic acids is 2. The molecule has 2 aromatic heterocycles. The summed E-state index contributed by atoms with van der Waals surface area (Å²) in [5.41, 5.74) is -0.288. The van der Waals surface area contributed by atoms with Crippen LogP contribution in [0.25, 0.3) is 0 Å². The molecule has 0 aliphatic carbocycles. The van der Waals surface area contributed by atoms with E-state index in [9.17, 15) is 14.0 Å². The van der Waals surface area contributed by atoms with Crippen LogP contribution >= 0.6 is 22.9 Å². The number of thiazole rings is 1. The molecule has 0 aliphatic rings. The molecule has 0 atom stereocenters. The van der Waals surface area contributed by atoms with Gasteiger partial charge >= 0.3 is 6.09 Å². The van der Waals surface area contributed by atoms with Crippen molar-refractivity contribution in [1.29, 1.82) is 0 Å². The topological polar surface area (TPSA) is 72.4 Å². The predicted octanol–water partition coefficient (Wildman–Crippen LogP) is 4.08. The number of pyridine rings is 1. The Bertz CT molecular complexity index is 761. The molecule has 6 nitrogen and oxygen atoms in total. The van der Waals surface area contributed by atoms with E-state index in [1.54, 1.807) is 20.8 Å². The van der Waals surface area contributed by atoms with Crippen LogP contribution in [-0.2, 0) is 11.3 Å². The average molecular weight is 372 g/mol. The van der Waals surface area contributed by atoms with E-state index in [1.165, 1.54) is 17.2 Å². The summed E-state index contributed by atoms with van der Waals surface area (Å²) in [6.45, 7) is 5.14. The number of carbonyl (C=O) groups is 2. The molecule has 0 saturated carbocycles. The SMILES string of the molecule is CC(C)(C)OC(=O)N(Cc1cncc(F)c1)c1nc(Cl)c(C=O)s1. The van der Waals surface area contributed by atoms with Crippen molar-refractivity contribution >= 4 is 40.4 Å². The van der Waals surface area contributed by atoms with E-state index >= 15 is 0 Å². The first-order valence-electron chi connectivity index (χ1n) is 6.91. The number of hydrogen-bond acceptors (Lipinski definition) is 6. The third-order valence-electron chi connectivity index (χ3n) is 2.65. The van der Waals surface area contributed by atoms with Crippen LogP contribution in [0, 0.1) is 5.82 Å². The predicted molar refractivity (Wildman–Crippen MR) is 89.1 cm³/mol. The molecule has 0 aromatic carbocycles. The van der Waals surface area contributed by atoms with Gasteiger partial charge in [-0.3, -0.25) is 9.78 Å². The maximum atomic E-state index is 13.3. The number of ether oxygens (including phenoxy) is 1. The van der Waals surface area contributed by atoms with Gasteiger partial charge in [-0.25, -0.2) is 19.1 Å². The Morgan fingerprint density at radius 3 is 2.71 bits per heavy atom. The Morgan fingerprint density at radius 2 is 2.17 bits per heavy atom. The van der Waals surface area contributed by atoms with Crippen molar-refractivity contribution < 1.29 is 18.7 Å². The zero-order valence-corrected chi connectivity index (χ0v) is 14.8. The van der Waals surface area contributed by atoms with Crippen LogP contribution in [0.5, 0.6) is 0 Å². The molecule has 24 heavy (non-hydrogen) atoms. The van der Waals surface area contributed by atoms with Gasteiger partial charge in [0.05, 0.1) is 12.7 Å². The van der Waals surface area contributed by atoms with Gasteiger partial charge in [-0.1, -0.05) is 22.9 Å². The molecule has 2 aromatic rings. The molecular weight excluding hydrogens is 357 g/mol. The second-order valence-electron chi connectivity index (χ2n) is 5.85. The number of amides is 1. The quantitative estimate of drug-likeness (QED) is 0.757. The van der Waals surface area contributed by atoms with Crippen molar-refractivity contribution in [3.05, 3.63) is 39.9 Å². The van der Waals surface area contributed by atoms with E-state index in [0.717, 1.165) is 17.5 Å². The minimum atomic E-state index is -0.732. The third kappa shape index (κ3) is 4.72. The maximum Gasteiger partial charge on any atom is 0.416 e. The maximum absolute atomic E-state index is 13.3. The van der Waals surface area contributed by atoms with E-state index in [2.05, 4.69) is 9.97 Å². The lowest BCUT2D eigenvalue weighted by Gasteiger charge is -2.25. The van der Waals surface area contributed by atoms with Gasteiger partial charge in [-0.05, 0) is 32.4 Å². The minimum absolute atomic E-state index is 0.00377. The molecule has 0 saturated heterocycles. The third-order valence-corrected chi connectivity index (χ3v) is 4.06. The fourth-order valence-corrected chi connectivity index (χ4v) is 2.79. The van der Waals surface area contributed by atoms with Gasteiger partial charge < -0.3 is 4.74 Å².